The first kappa shape index (κ1) is 15.0. The number of nitrogens with zero attached hydrogens (tertiary/aromatic N) is 1. The van der Waals surface area contributed by atoms with E-state index in [4.69, 9.17) is 0 Å². The van der Waals surface area contributed by atoms with Crippen LogP contribution in [0.25, 0.3) is 0 Å². The number of hydrogen-bond acceptors (Lipinski definition) is 2. The highest BCUT2D eigenvalue weighted by Crippen LogP contribution is 2.31. The van der Waals surface area contributed by atoms with Crippen LogP contribution in [0.1, 0.15) is 57.3 Å². The molecular weight excluding hydrogens is 248 g/mol. The summed E-state index contributed by atoms with van der Waals surface area (Å²) in [5.74, 6) is 0.259. The molecule has 1 aliphatic heterocycles. The fraction of sp³-hybridized carbons (Fsp3) is 0.588. The molecule has 0 bridgehead atoms. The Morgan fingerprint density at radius 1 is 1.30 bits per heavy atom. The average Bonchev–Trinajstić information content (AvgIpc) is 2.76. The molecule has 0 spiro atoms. The largest absolute Gasteiger partial charge is 0.319 e. The Labute approximate surface area is 122 Å². The van der Waals surface area contributed by atoms with Gasteiger partial charge in [-0.2, -0.15) is 0 Å². The van der Waals surface area contributed by atoms with Crippen LogP contribution in [0, 0.1) is 6.92 Å². The topological polar surface area (TPSA) is 32.3 Å². The van der Waals surface area contributed by atoms with Gasteiger partial charge in [0.15, 0.2) is 0 Å². The fourth-order valence-electron chi connectivity index (χ4n) is 2.95. The zero-order valence-corrected chi connectivity index (χ0v) is 13.0. The summed E-state index contributed by atoms with van der Waals surface area (Å²) in [7, 11) is 0. The maximum atomic E-state index is 12.7. The normalized spacial score (nSPS) is 24.2. The van der Waals surface area contributed by atoms with Crippen molar-refractivity contribution in [1.82, 2.24) is 10.2 Å². The molecule has 0 aromatic heterocycles. The van der Waals surface area contributed by atoms with Crippen LogP contribution < -0.4 is 5.32 Å². The van der Waals surface area contributed by atoms with Crippen LogP contribution in [0.3, 0.4) is 0 Å². The van der Waals surface area contributed by atoms with Crippen LogP contribution in [-0.4, -0.2) is 22.9 Å². The maximum Gasteiger partial charge on any atom is 0.241 e. The van der Waals surface area contributed by atoms with E-state index in [1.807, 2.05) is 11.0 Å². The van der Waals surface area contributed by atoms with E-state index < -0.39 is 0 Å². The second-order valence-electron chi connectivity index (χ2n) is 5.77. The van der Waals surface area contributed by atoms with Crippen LogP contribution in [0.4, 0.5) is 0 Å². The fourth-order valence-corrected chi connectivity index (χ4v) is 2.95. The van der Waals surface area contributed by atoms with Gasteiger partial charge in [-0.25, -0.2) is 0 Å². The summed E-state index contributed by atoms with van der Waals surface area (Å²) in [4.78, 5) is 14.7. The highest BCUT2D eigenvalue weighted by molar-refractivity contribution is 5.85. The van der Waals surface area contributed by atoms with Gasteiger partial charge in [-0.05, 0) is 37.8 Å². The van der Waals surface area contributed by atoms with E-state index in [0.29, 0.717) is 0 Å². The number of benzene rings is 1. The molecule has 3 heteroatoms. The molecule has 1 aromatic carbocycles. The lowest BCUT2D eigenvalue weighted by Crippen LogP contribution is -2.38. The molecule has 1 saturated heterocycles. The number of aryl methyl sites for hydroxylation is 1. The van der Waals surface area contributed by atoms with E-state index in [1.54, 1.807) is 0 Å². The first-order chi connectivity index (χ1) is 9.60. The van der Waals surface area contributed by atoms with Crippen molar-refractivity contribution in [2.24, 2.45) is 0 Å². The van der Waals surface area contributed by atoms with Crippen molar-refractivity contribution in [3.63, 3.8) is 0 Å². The van der Waals surface area contributed by atoms with E-state index in [2.05, 4.69) is 51.2 Å². The van der Waals surface area contributed by atoms with Crippen LogP contribution in [0.2, 0.25) is 0 Å². The molecular formula is C17H26N2O. The predicted molar refractivity (Wildman–Crippen MR) is 82.4 cm³/mol. The minimum absolute atomic E-state index is 0.0233. The van der Waals surface area contributed by atoms with E-state index >= 15 is 0 Å². The van der Waals surface area contributed by atoms with Gasteiger partial charge in [0.2, 0.25) is 5.91 Å². The monoisotopic (exact) mass is 274 g/mol. The third-order valence-electron chi connectivity index (χ3n) is 4.32. The molecule has 110 valence electrons. The summed E-state index contributed by atoms with van der Waals surface area (Å²) in [5, 5.41) is 3.54. The van der Waals surface area contributed by atoms with Gasteiger partial charge in [0, 0.05) is 6.04 Å². The minimum atomic E-state index is -0.0291. The van der Waals surface area contributed by atoms with Gasteiger partial charge in [-0.15, -0.1) is 0 Å². The lowest BCUT2D eigenvalue weighted by molar-refractivity contribution is -0.132. The smallest absolute Gasteiger partial charge is 0.241 e. The highest BCUT2D eigenvalue weighted by Gasteiger charge is 2.41. The summed E-state index contributed by atoms with van der Waals surface area (Å²) >= 11 is 0. The molecule has 0 aliphatic carbocycles. The zero-order valence-electron chi connectivity index (χ0n) is 13.0. The Hall–Kier alpha value is -1.35. The van der Waals surface area contributed by atoms with E-state index in [0.717, 1.165) is 19.3 Å². The Morgan fingerprint density at radius 2 is 2.00 bits per heavy atom. The van der Waals surface area contributed by atoms with Crippen molar-refractivity contribution in [2.75, 3.05) is 0 Å². The molecule has 1 N–H and O–H groups in total. The van der Waals surface area contributed by atoms with Crippen LogP contribution in [0.15, 0.2) is 24.3 Å². The number of carbonyl (C=O) groups is 1. The molecule has 3 atom stereocenters. The molecule has 0 radical (unpaired) electrons. The van der Waals surface area contributed by atoms with Gasteiger partial charge in [0.1, 0.15) is 6.17 Å². The standard InChI is InChI=1S/C17H26N2O/c1-5-9-15-17(20)19(13(4)6-2)16(18-15)14-11-8-7-10-12(14)3/h7-8,10-11,13,15-16,18H,5-6,9H2,1-4H3. The molecule has 1 fully saturated rings. The van der Waals surface area contributed by atoms with Crippen molar-refractivity contribution in [3.8, 4) is 0 Å². The van der Waals surface area contributed by atoms with Crippen molar-refractivity contribution < 1.29 is 4.79 Å². The van der Waals surface area contributed by atoms with Crippen LogP contribution in [-0.2, 0) is 4.79 Å². The van der Waals surface area contributed by atoms with Gasteiger partial charge >= 0.3 is 0 Å². The molecule has 20 heavy (non-hydrogen) atoms. The Kier molecular flexibility index (Phi) is 4.81. The Balaban J connectivity index is 2.34. The van der Waals surface area contributed by atoms with E-state index in [9.17, 15) is 4.79 Å². The number of carbonyl (C=O) groups excluding carboxylic acids is 1. The van der Waals surface area contributed by atoms with Gasteiger partial charge < -0.3 is 4.90 Å². The quantitative estimate of drug-likeness (QED) is 0.892. The third kappa shape index (κ3) is 2.73. The second kappa shape index (κ2) is 6.40. The molecule has 0 saturated carbocycles. The van der Waals surface area contributed by atoms with E-state index in [-0.39, 0.29) is 24.2 Å². The number of rotatable bonds is 5. The average molecular weight is 274 g/mol. The molecule has 3 unspecified atom stereocenters. The second-order valence-corrected chi connectivity index (χ2v) is 5.77. The minimum Gasteiger partial charge on any atom is -0.319 e. The van der Waals surface area contributed by atoms with Crippen molar-refractivity contribution in [2.45, 2.75) is 65.2 Å². The molecule has 1 aromatic rings. The van der Waals surface area contributed by atoms with Crippen LogP contribution >= 0.6 is 0 Å². The maximum absolute atomic E-state index is 12.7. The van der Waals surface area contributed by atoms with Gasteiger partial charge in [0.05, 0.1) is 6.04 Å². The number of hydrogen-bond donors (Lipinski definition) is 1. The van der Waals surface area contributed by atoms with E-state index in [1.165, 1.54) is 11.1 Å². The molecule has 1 aliphatic rings. The summed E-state index contributed by atoms with van der Waals surface area (Å²) in [5.41, 5.74) is 2.46. The van der Waals surface area contributed by atoms with Gasteiger partial charge in [-0.3, -0.25) is 10.1 Å². The molecule has 2 rings (SSSR count). The summed E-state index contributed by atoms with van der Waals surface area (Å²) in [6.45, 7) is 8.52. The Morgan fingerprint density at radius 3 is 2.60 bits per heavy atom. The summed E-state index contributed by atoms with van der Waals surface area (Å²) < 4.78 is 0. The summed E-state index contributed by atoms with van der Waals surface area (Å²) in [6, 6.07) is 8.58. The molecule has 1 amide bonds. The van der Waals surface area contributed by atoms with Crippen molar-refractivity contribution in [1.29, 1.82) is 0 Å². The van der Waals surface area contributed by atoms with Gasteiger partial charge in [0.25, 0.3) is 0 Å². The predicted octanol–water partition coefficient (Wildman–Crippen LogP) is 3.39. The Bertz CT molecular complexity index is 472. The lowest BCUT2D eigenvalue weighted by Gasteiger charge is -2.30. The van der Waals surface area contributed by atoms with Crippen LogP contribution in [0.5, 0.6) is 0 Å². The number of nitrogens with one attached hydrogen (secondary N) is 1. The third-order valence-corrected chi connectivity index (χ3v) is 4.32. The lowest BCUT2D eigenvalue weighted by atomic mass is 10.0. The molecule has 3 nitrogen and oxygen atoms in total. The molecule has 1 heterocycles. The SMILES string of the molecule is CCCC1NC(c2ccccc2C)N(C(C)CC)C1=O. The van der Waals surface area contributed by atoms with Gasteiger partial charge in [-0.1, -0.05) is 44.5 Å². The van der Waals surface area contributed by atoms with Crippen molar-refractivity contribution in [3.05, 3.63) is 35.4 Å². The zero-order chi connectivity index (χ0) is 14.7. The highest BCUT2D eigenvalue weighted by atomic mass is 16.2. The number of amides is 1. The van der Waals surface area contributed by atoms with Crippen molar-refractivity contribution >= 4 is 5.91 Å². The first-order valence-electron chi connectivity index (χ1n) is 7.73. The first-order valence-corrected chi connectivity index (χ1v) is 7.73. The summed E-state index contributed by atoms with van der Waals surface area (Å²) in [6.07, 6.45) is 2.94.